The molecular weight excluding hydrogens is 340 g/mol. The Morgan fingerprint density at radius 2 is 1.85 bits per heavy atom. The summed E-state index contributed by atoms with van der Waals surface area (Å²) in [6.07, 6.45) is 2.42. The predicted octanol–water partition coefficient (Wildman–Crippen LogP) is 3.66. The second-order valence-electron chi connectivity index (χ2n) is 7.26. The van der Waals surface area contributed by atoms with Crippen molar-refractivity contribution in [1.29, 1.82) is 0 Å². The van der Waals surface area contributed by atoms with Gasteiger partial charge in [-0.3, -0.25) is 4.79 Å². The van der Waals surface area contributed by atoms with E-state index in [0.29, 0.717) is 12.1 Å². The molecule has 1 heterocycles. The number of fused-ring (bicyclic) bond motifs is 1. The summed E-state index contributed by atoms with van der Waals surface area (Å²) in [5, 5.41) is 13.7. The smallest absolute Gasteiger partial charge is 0.251 e. The van der Waals surface area contributed by atoms with Crippen molar-refractivity contribution >= 4 is 16.9 Å². The molecule has 0 fully saturated rings. The van der Waals surface area contributed by atoms with E-state index in [-0.39, 0.29) is 17.7 Å². The summed E-state index contributed by atoms with van der Waals surface area (Å²) in [4.78, 5) is 14.7. The average molecular weight is 366 g/mol. The zero-order valence-corrected chi connectivity index (χ0v) is 16.2. The van der Waals surface area contributed by atoms with Crippen LogP contribution in [0.15, 0.2) is 47.1 Å². The van der Waals surface area contributed by atoms with Crippen molar-refractivity contribution in [2.75, 3.05) is 20.6 Å². The van der Waals surface area contributed by atoms with Gasteiger partial charge in [-0.15, -0.1) is 0 Å². The van der Waals surface area contributed by atoms with Crippen LogP contribution in [-0.2, 0) is 6.42 Å². The summed E-state index contributed by atoms with van der Waals surface area (Å²) in [6, 6.07) is 11.0. The third-order valence-electron chi connectivity index (χ3n) is 5.06. The van der Waals surface area contributed by atoms with E-state index in [1.165, 1.54) is 5.56 Å². The summed E-state index contributed by atoms with van der Waals surface area (Å²) in [5.41, 5.74) is 4.74. The number of nitrogens with zero attached hydrogens (tertiary/aromatic N) is 1. The van der Waals surface area contributed by atoms with Crippen LogP contribution in [0.1, 0.15) is 27.0 Å². The van der Waals surface area contributed by atoms with E-state index >= 15 is 0 Å². The van der Waals surface area contributed by atoms with Crippen LogP contribution in [0.5, 0.6) is 5.75 Å². The lowest BCUT2D eigenvalue weighted by atomic mass is 9.95. The summed E-state index contributed by atoms with van der Waals surface area (Å²) < 4.78 is 5.32. The van der Waals surface area contributed by atoms with Crippen molar-refractivity contribution in [1.82, 2.24) is 10.2 Å². The van der Waals surface area contributed by atoms with E-state index in [9.17, 15) is 9.90 Å². The maximum absolute atomic E-state index is 12.6. The van der Waals surface area contributed by atoms with Crippen LogP contribution in [0.4, 0.5) is 0 Å². The minimum Gasteiger partial charge on any atom is -0.508 e. The van der Waals surface area contributed by atoms with Crippen LogP contribution >= 0.6 is 0 Å². The Morgan fingerprint density at radius 1 is 1.15 bits per heavy atom. The third kappa shape index (κ3) is 4.31. The maximum Gasteiger partial charge on any atom is 0.251 e. The number of aromatic hydroxyl groups is 1. The fourth-order valence-corrected chi connectivity index (χ4v) is 3.39. The molecule has 142 valence electrons. The number of hydrogen-bond donors (Lipinski definition) is 2. The van der Waals surface area contributed by atoms with Gasteiger partial charge in [0.05, 0.1) is 6.26 Å². The molecule has 1 amide bonds. The Kier molecular flexibility index (Phi) is 5.51. The fourth-order valence-electron chi connectivity index (χ4n) is 3.39. The highest BCUT2D eigenvalue weighted by molar-refractivity contribution is 5.97. The van der Waals surface area contributed by atoms with Crippen molar-refractivity contribution in [3.8, 4) is 5.75 Å². The van der Waals surface area contributed by atoms with Crippen molar-refractivity contribution < 1.29 is 14.3 Å². The van der Waals surface area contributed by atoms with Crippen LogP contribution in [0.25, 0.3) is 11.0 Å². The minimum atomic E-state index is -0.0934. The number of hydrogen-bond acceptors (Lipinski definition) is 4. The van der Waals surface area contributed by atoms with Gasteiger partial charge in [0.25, 0.3) is 5.91 Å². The molecule has 0 unspecified atom stereocenters. The van der Waals surface area contributed by atoms with E-state index in [4.69, 9.17) is 4.42 Å². The van der Waals surface area contributed by atoms with Crippen molar-refractivity contribution in [2.45, 2.75) is 26.3 Å². The first kappa shape index (κ1) is 19.0. The SMILES string of the molecule is Cc1cc(O)cc(C)c1C[C@@H](CNC(=O)c1ccc2occc2c1)N(C)C. The number of benzene rings is 2. The van der Waals surface area contributed by atoms with Crippen molar-refractivity contribution in [3.63, 3.8) is 0 Å². The minimum absolute atomic E-state index is 0.0934. The molecule has 3 aromatic rings. The maximum atomic E-state index is 12.6. The molecule has 5 nitrogen and oxygen atoms in total. The van der Waals surface area contributed by atoms with Crippen LogP contribution in [0.3, 0.4) is 0 Å². The molecule has 0 aliphatic heterocycles. The van der Waals surface area contributed by atoms with E-state index in [1.54, 1.807) is 24.5 Å². The molecule has 0 spiro atoms. The molecule has 5 heteroatoms. The largest absolute Gasteiger partial charge is 0.508 e. The van der Waals surface area contributed by atoms with Gasteiger partial charge in [-0.25, -0.2) is 0 Å². The van der Waals surface area contributed by atoms with E-state index in [0.717, 1.165) is 28.5 Å². The van der Waals surface area contributed by atoms with E-state index < -0.39 is 0 Å². The topological polar surface area (TPSA) is 65.7 Å². The Morgan fingerprint density at radius 3 is 2.52 bits per heavy atom. The lowest BCUT2D eigenvalue weighted by molar-refractivity contribution is 0.0942. The molecule has 1 atom stereocenters. The quantitative estimate of drug-likeness (QED) is 0.699. The van der Waals surface area contributed by atoms with Gasteiger partial charge in [0.2, 0.25) is 0 Å². The summed E-state index contributed by atoms with van der Waals surface area (Å²) in [5.74, 6) is 0.196. The first-order chi connectivity index (χ1) is 12.8. The normalized spacial score (nSPS) is 12.5. The monoisotopic (exact) mass is 366 g/mol. The second kappa shape index (κ2) is 7.84. The average Bonchev–Trinajstić information content (AvgIpc) is 3.07. The Labute approximate surface area is 159 Å². The van der Waals surface area contributed by atoms with Gasteiger partial charge in [-0.1, -0.05) is 0 Å². The standard InChI is InChI=1S/C22H26N2O3/c1-14-9-19(25)10-15(2)20(14)12-18(24(3)4)13-23-22(26)17-5-6-21-16(11-17)7-8-27-21/h5-11,18,25H,12-13H2,1-4H3,(H,23,26)/t18-/m0/s1. The predicted molar refractivity (Wildman–Crippen MR) is 107 cm³/mol. The number of carbonyl (C=O) groups is 1. The summed E-state index contributed by atoms with van der Waals surface area (Å²) >= 11 is 0. The number of likely N-dealkylation sites (N-methyl/N-ethyl adjacent to an activating group) is 1. The number of nitrogens with one attached hydrogen (secondary N) is 1. The number of carbonyl (C=O) groups excluding carboxylic acids is 1. The first-order valence-electron chi connectivity index (χ1n) is 9.06. The van der Waals surface area contributed by atoms with E-state index in [1.807, 2.05) is 46.1 Å². The van der Waals surface area contributed by atoms with Crippen LogP contribution in [0.2, 0.25) is 0 Å². The Balaban J connectivity index is 1.70. The summed E-state index contributed by atoms with van der Waals surface area (Å²) in [6.45, 7) is 4.55. The highest BCUT2D eigenvalue weighted by Gasteiger charge is 2.17. The lowest BCUT2D eigenvalue weighted by Crippen LogP contribution is -2.41. The highest BCUT2D eigenvalue weighted by atomic mass is 16.3. The van der Waals surface area contributed by atoms with Crippen LogP contribution in [-0.4, -0.2) is 42.6 Å². The van der Waals surface area contributed by atoms with Gasteiger partial charge in [-0.2, -0.15) is 0 Å². The number of rotatable bonds is 6. The third-order valence-corrected chi connectivity index (χ3v) is 5.06. The molecule has 2 aromatic carbocycles. The Hall–Kier alpha value is -2.79. The molecule has 3 rings (SSSR count). The molecule has 0 aliphatic carbocycles. The lowest BCUT2D eigenvalue weighted by Gasteiger charge is -2.26. The first-order valence-corrected chi connectivity index (χ1v) is 9.06. The van der Waals surface area contributed by atoms with Gasteiger partial charge in [0, 0.05) is 23.5 Å². The van der Waals surface area contributed by atoms with Gasteiger partial charge < -0.3 is 19.7 Å². The van der Waals surface area contributed by atoms with Crippen molar-refractivity contribution in [3.05, 3.63) is 64.9 Å². The Bertz CT molecular complexity index is 936. The number of furan rings is 1. The molecule has 2 N–H and O–H groups in total. The number of phenolic OH excluding ortho intramolecular Hbond substituents is 1. The number of phenols is 1. The number of aryl methyl sites for hydroxylation is 2. The molecule has 27 heavy (non-hydrogen) atoms. The van der Waals surface area contributed by atoms with Crippen LogP contribution < -0.4 is 5.32 Å². The van der Waals surface area contributed by atoms with Gasteiger partial charge in [0.1, 0.15) is 11.3 Å². The fraction of sp³-hybridized carbons (Fsp3) is 0.318. The highest BCUT2D eigenvalue weighted by Crippen LogP contribution is 2.23. The van der Waals surface area contributed by atoms with Gasteiger partial charge in [-0.05, 0) is 87.5 Å². The molecule has 1 aromatic heterocycles. The number of amides is 1. The molecule has 0 saturated heterocycles. The zero-order valence-electron chi connectivity index (χ0n) is 16.2. The summed E-state index contributed by atoms with van der Waals surface area (Å²) in [7, 11) is 4.03. The second-order valence-corrected chi connectivity index (χ2v) is 7.26. The molecule has 0 radical (unpaired) electrons. The van der Waals surface area contributed by atoms with E-state index in [2.05, 4.69) is 10.2 Å². The zero-order chi connectivity index (χ0) is 19.6. The van der Waals surface area contributed by atoms with Gasteiger partial charge in [0.15, 0.2) is 0 Å². The molecule has 0 bridgehead atoms. The van der Waals surface area contributed by atoms with Gasteiger partial charge >= 0.3 is 0 Å². The van der Waals surface area contributed by atoms with Crippen LogP contribution in [0, 0.1) is 13.8 Å². The molecule has 0 aliphatic rings. The molecular formula is C22H26N2O3. The molecule has 0 saturated carbocycles. The van der Waals surface area contributed by atoms with Crippen molar-refractivity contribution in [2.24, 2.45) is 0 Å².